The first-order valence-corrected chi connectivity index (χ1v) is 4.94. The first-order valence-electron chi connectivity index (χ1n) is 4.94. The lowest BCUT2D eigenvalue weighted by Gasteiger charge is -2.16. The lowest BCUT2D eigenvalue weighted by Crippen LogP contribution is -2.43. The summed E-state index contributed by atoms with van der Waals surface area (Å²) in [6.07, 6.45) is 5.19. The number of hydrogen-bond acceptors (Lipinski definition) is 3. The van der Waals surface area contributed by atoms with Crippen LogP contribution >= 0.6 is 0 Å². The summed E-state index contributed by atoms with van der Waals surface area (Å²) in [7, 11) is 0. The van der Waals surface area contributed by atoms with E-state index in [9.17, 15) is 9.59 Å². The maximum Gasteiger partial charge on any atom is 0.326 e. The molecule has 1 unspecified atom stereocenters. The van der Waals surface area contributed by atoms with E-state index in [-0.39, 0.29) is 24.9 Å². The highest BCUT2D eigenvalue weighted by atomic mass is 16.4. The zero-order valence-electron chi connectivity index (χ0n) is 8.35. The number of carboxylic acid groups (broad SMARTS) is 1. The SMILES string of the molecule is O=C(NC(CCO)C(=O)O)C1CC=CC1. The first kappa shape index (κ1) is 11.7. The van der Waals surface area contributed by atoms with Crippen LogP contribution in [-0.2, 0) is 9.59 Å². The van der Waals surface area contributed by atoms with Crippen LogP contribution in [0, 0.1) is 5.92 Å². The molecule has 1 atom stereocenters. The van der Waals surface area contributed by atoms with Crippen LogP contribution in [0.2, 0.25) is 0 Å². The van der Waals surface area contributed by atoms with Crippen molar-refractivity contribution in [2.75, 3.05) is 6.61 Å². The molecular formula is C10H15NO4. The largest absolute Gasteiger partial charge is 0.480 e. The first-order chi connectivity index (χ1) is 7.15. The Morgan fingerprint density at radius 3 is 2.47 bits per heavy atom. The molecule has 0 fully saturated rings. The standard InChI is InChI=1S/C10H15NO4/c12-6-5-8(10(14)15)11-9(13)7-3-1-2-4-7/h1-2,7-8,12H,3-6H2,(H,11,13)(H,14,15). The van der Waals surface area contributed by atoms with Gasteiger partial charge in [0.05, 0.1) is 0 Å². The molecule has 5 heteroatoms. The molecule has 1 amide bonds. The Morgan fingerprint density at radius 1 is 1.40 bits per heavy atom. The summed E-state index contributed by atoms with van der Waals surface area (Å²) in [6.45, 7) is -0.250. The smallest absolute Gasteiger partial charge is 0.326 e. The van der Waals surface area contributed by atoms with E-state index in [1.807, 2.05) is 12.2 Å². The van der Waals surface area contributed by atoms with Crippen LogP contribution in [0.1, 0.15) is 19.3 Å². The number of aliphatic hydroxyl groups excluding tert-OH is 1. The minimum atomic E-state index is -1.11. The maximum atomic E-state index is 11.5. The molecule has 0 aromatic heterocycles. The van der Waals surface area contributed by atoms with Gasteiger partial charge in [0.1, 0.15) is 6.04 Å². The van der Waals surface area contributed by atoms with E-state index in [1.54, 1.807) is 0 Å². The molecule has 1 rings (SSSR count). The van der Waals surface area contributed by atoms with Gasteiger partial charge in [-0.3, -0.25) is 4.79 Å². The number of nitrogens with one attached hydrogen (secondary N) is 1. The number of carbonyl (C=O) groups is 2. The lowest BCUT2D eigenvalue weighted by atomic mass is 10.1. The molecule has 0 spiro atoms. The van der Waals surface area contributed by atoms with E-state index in [4.69, 9.17) is 10.2 Å². The predicted molar refractivity (Wildman–Crippen MR) is 53.1 cm³/mol. The Labute approximate surface area is 87.8 Å². The Hall–Kier alpha value is -1.36. The van der Waals surface area contributed by atoms with E-state index < -0.39 is 12.0 Å². The fraction of sp³-hybridized carbons (Fsp3) is 0.600. The van der Waals surface area contributed by atoms with Gasteiger partial charge in [-0.05, 0) is 12.8 Å². The van der Waals surface area contributed by atoms with Crippen LogP contribution < -0.4 is 5.32 Å². The highest BCUT2D eigenvalue weighted by Crippen LogP contribution is 2.17. The van der Waals surface area contributed by atoms with Crippen molar-refractivity contribution in [1.82, 2.24) is 5.32 Å². The molecule has 1 aliphatic rings. The fourth-order valence-corrected chi connectivity index (χ4v) is 1.51. The molecule has 0 aliphatic heterocycles. The van der Waals surface area contributed by atoms with E-state index in [0.29, 0.717) is 12.8 Å². The van der Waals surface area contributed by atoms with Crippen molar-refractivity contribution in [1.29, 1.82) is 0 Å². The number of hydrogen-bond donors (Lipinski definition) is 3. The molecule has 0 saturated carbocycles. The number of rotatable bonds is 5. The number of aliphatic carboxylic acids is 1. The van der Waals surface area contributed by atoms with Gasteiger partial charge in [0, 0.05) is 18.9 Å². The average Bonchev–Trinajstić information content (AvgIpc) is 2.69. The molecule has 0 heterocycles. The summed E-state index contributed by atoms with van der Waals surface area (Å²) < 4.78 is 0. The molecule has 0 radical (unpaired) electrons. The number of allylic oxidation sites excluding steroid dienone is 2. The van der Waals surface area contributed by atoms with Crippen LogP contribution in [0.15, 0.2) is 12.2 Å². The predicted octanol–water partition coefficient (Wildman–Crippen LogP) is -0.0956. The van der Waals surface area contributed by atoms with Crippen molar-refractivity contribution >= 4 is 11.9 Å². The number of aliphatic hydroxyl groups is 1. The van der Waals surface area contributed by atoms with Crippen LogP contribution in [0.5, 0.6) is 0 Å². The van der Waals surface area contributed by atoms with Gasteiger partial charge >= 0.3 is 5.97 Å². The third-order valence-electron chi connectivity index (χ3n) is 2.41. The zero-order valence-corrected chi connectivity index (χ0v) is 8.35. The van der Waals surface area contributed by atoms with Gasteiger partial charge in [-0.2, -0.15) is 0 Å². The fourth-order valence-electron chi connectivity index (χ4n) is 1.51. The Morgan fingerprint density at radius 2 is 2.00 bits per heavy atom. The topological polar surface area (TPSA) is 86.6 Å². The third kappa shape index (κ3) is 3.36. The molecular weight excluding hydrogens is 198 g/mol. The summed E-state index contributed by atoms with van der Waals surface area (Å²) in [6, 6.07) is -0.983. The third-order valence-corrected chi connectivity index (χ3v) is 2.41. The molecule has 1 aliphatic carbocycles. The van der Waals surface area contributed by atoms with Crippen molar-refractivity contribution in [2.45, 2.75) is 25.3 Å². The Bertz CT molecular complexity index is 267. The normalized spacial score (nSPS) is 17.7. The van der Waals surface area contributed by atoms with Gasteiger partial charge in [-0.1, -0.05) is 12.2 Å². The second kappa shape index (κ2) is 5.50. The minimum Gasteiger partial charge on any atom is -0.480 e. The molecule has 84 valence electrons. The zero-order chi connectivity index (χ0) is 11.3. The highest BCUT2D eigenvalue weighted by molar-refractivity contribution is 5.85. The van der Waals surface area contributed by atoms with E-state index >= 15 is 0 Å². The van der Waals surface area contributed by atoms with Crippen LogP contribution in [0.3, 0.4) is 0 Å². The molecule has 15 heavy (non-hydrogen) atoms. The van der Waals surface area contributed by atoms with Crippen LogP contribution in [0.4, 0.5) is 0 Å². The molecule has 3 N–H and O–H groups in total. The van der Waals surface area contributed by atoms with E-state index in [1.165, 1.54) is 0 Å². The van der Waals surface area contributed by atoms with Gasteiger partial charge in [-0.15, -0.1) is 0 Å². The van der Waals surface area contributed by atoms with Crippen LogP contribution in [-0.4, -0.2) is 34.7 Å². The number of carbonyl (C=O) groups excluding carboxylic acids is 1. The molecule has 0 aromatic rings. The van der Waals surface area contributed by atoms with Gasteiger partial charge in [0.2, 0.25) is 5.91 Å². The van der Waals surface area contributed by atoms with Gasteiger partial charge in [-0.25, -0.2) is 4.79 Å². The van der Waals surface area contributed by atoms with E-state index in [2.05, 4.69) is 5.32 Å². The molecule has 0 aromatic carbocycles. The summed E-state index contributed by atoms with van der Waals surface area (Å²) in [5.41, 5.74) is 0. The van der Waals surface area contributed by atoms with Gasteiger partial charge in [0.25, 0.3) is 0 Å². The number of amides is 1. The minimum absolute atomic E-state index is 0.0429. The van der Waals surface area contributed by atoms with Crippen molar-refractivity contribution in [2.24, 2.45) is 5.92 Å². The van der Waals surface area contributed by atoms with Gasteiger partial charge in [0.15, 0.2) is 0 Å². The van der Waals surface area contributed by atoms with Crippen molar-refractivity contribution in [3.8, 4) is 0 Å². The Balaban J connectivity index is 2.43. The number of carboxylic acids is 1. The quantitative estimate of drug-likeness (QED) is 0.557. The Kier molecular flexibility index (Phi) is 4.30. The molecule has 0 bridgehead atoms. The maximum absolute atomic E-state index is 11.5. The average molecular weight is 213 g/mol. The van der Waals surface area contributed by atoms with Crippen molar-refractivity contribution in [3.63, 3.8) is 0 Å². The highest BCUT2D eigenvalue weighted by Gasteiger charge is 2.24. The summed E-state index contributed by atoms with van der Waals surface area (Å²) >= 11 is 0. The van der Waals surface area contributed by atoms with Crippen LogP contribution in [0.25, 0.3) is 0 Å². The van der Waals surface area contributed by atoms with Gasteiger partial charge < -0.3 is 15.5 Å². The monoisotopic (exact) mass is 213 g/mol. The summed E-state index contributed by atoms with van der Waals surface area (Å²) in [4.78, 5) is 22.2. The van der Waals surface area contributed by atoms with E-state index in [0.717, 1.165) is 0 Å². The van der Waals surface area contributed by atoms with Crippen molar-refractivity contribution < 1.29 is 19.8 Å². The summed E-state index contributed by atoms with van der Waals surface area (Å²) in [5.74, 6) is -1.50. The second-order valence-corrected chi connectivity index (χ2v) is 3.55. The second-order valence-electron chi connectivity index (χ2n) is 3.55. The summed E-state index contributed by atoms with van der Waals surface area (Å²) in [5, 5.41) is 19.8. The molecule has 5 nitrogen and oxygen atoms in total. The molecule has 0 saturated heterocycles. The lowest BCUT2D eigenvalue weighted by molar-refractivity contribution is -0.142. The van der Waals surface area contributed by atoms with Crippen molar-refractivity contribution in [3.05, 3.63) is 12.2 Å².